The van der Waals surface area contributed by atoms with Gasteiger partial charge in [0.25, 0.3) is 0 Å². The van der Waals surface area contributed by atoms with Crippen LogP contribution in [0.1, 0.15) is 24.0 Å². The molecule has 1 atom stereocenters. The predicted octanol–water partition coefficient (Wildman–Crippen LogP) is 1.54. The van der Waals surface area contributed by atoms with E-state index in [1.54, 1.807) is 0 Å². The molecule has 92 valence electrons. The highest BCUT2D eigenvalue weighted by Crippen LogP contribution is 2.26. The van der Waals surface area contributed by atoms with E-state index in [2.05, 4.69) is 23.1 Å². The van der Waals surface area contributed by atoms with E-state index in [1.807, 2.05) is 0 Å². The highest BCUT2D eigenvalue weighted by atomic mass is 16.5. The van der Waals surface area contributed by atoms with Crippen LogP contribution in [0.3, 0.4) is 0 Å². The smallest absolute Gasteiger partial charge is 0.122 e. The fourth-order valence-corrected chi connectivity index (χ4v) is 2.83. The molecule has 3 heteroatoms. The van der Waals surface area contributed by atoms with Gasteiger partial charge in [0.1, 0.15) is 5.75 Å². The molecule has 17 heavy (non-hydrogen) atoms. The zero-order chi connectivity index (χ0) is 11.7. The fraction of sp³-hybridized carbons (Fsp3) is 0.571. The minimum absolute atomic E-state index is 0.363. The molecule has 3 nitrogen and oxygen atoms in total. The average molecular weight is 232 g/mol. The average Bonchev–Trinajstić information content (AvgIpc) is 2.76. The molecule has 0 saturated carbocycles. The van der Waals surface area contributed by atoms with Crippen molar-refractivity contribution in [3.05, 3.63) is 29.3 Å². The molecule has 1 fully saturated rings. The van der Waals surface area contributed by atoms with Crippen LogP contribution >= 0.6 is 0 Å². The van der Waals surface area contributed by atoms with E-state index >= 15 is 0 Å². The van der Waals surface area contributed by atoms with Crippen molar-refractivity contribution in [2.24, 2.45) is 5.73 Å². The molecule has 2 aliphatic heterocycles. The molecule has 0 unspecified atom stereocenters. The second kappa shape index (κ2) is 4.67. The van der Waals surface area contributed by atoms with Crippen molar-refractivity contribution >= 4 is 0 Å². The summed E-state index contributed by atoms with van der Waals surface area (Å²) in [5.41, 5.74) is 8.76. The van der Waals surface area contributed by atoms with E-state index in [9.17, 15) is 0 Å². The Labute approximate surface area is 103 Å². The van der Waals surface area contributed by atoms with Gasteiger partial charge in [0.05, 0.1) is 6.61 Å². The molecule has 1 aromatic rings. The fourth-order valence-electron chi connectivity index (χ4n) is 2.83. The largest absolute Gasteiger partial charge is 0.493 e. The molecule has 0 bridgehead atoms. The number of hydrogen-bond acceptors (Lipinski definition) is 3. The van der Waals surface area contributed by atoms with Gasteiger partial charge in [-0.15, -0.1) is 0 Å². The van der Waals surface area contributed by atoms with E-state index < -0.39 is 0 Å². The maximum absolute atomic E-state index is 6.01. The Morgan fingerprint density at radius 1 is 1.41 bits per heavy atom. The lowest BCUT2D eigenvalue weighted by Crippen LogP contribution is -2.42. The maximum atomic E-state index is 6.01. The molecule has 2 aliphatic rings. The Hall–Kier alpha value is -1.06. The summed E-state index contributed by atoms with van der Waals surface area (Å²) in [4.78, 5) is 2.46. The third-order valence-corrected chi connectivity index (χ3v) is 3.70. The van der Waals surface area contributed by atoms with Crippen LogP contribution < -0.4 is 10.5 Å². The van der Waals surface area contributed by atoms with Crippen LogP contribution in [0.25, 0.3) is 0 Å². The number of hydrogen-bond donors (Lipinski definition) is 1. The third-order valence-electron chi connectivity index (χ3n) is 3.70. The molecular formula is C14H20N2O. The molecule has 2 N–H and O–H groups in total. The molecule has 1 aromatic carbocycles. The van der Waals surface area contributed by atoms with Crippen LogP contribution in [0, 0.1) is 0 Å². The van der Waals surface area contributed by atoms with Crippen LogP contribution in [0.5, 0.6) is 5.75 Å². The quantitative estimate of drug-likeness (QED) is 0.840. The first kappa shape index (κ1) is 11.1. The maximum Gasteiger partial charge on any atom is 0.122 e. The summed E-state index contributed by atoms with van der Waals surface area (Å²) in [7, 11) is 0. The van der Waals surface area contributed by atoms with E-state index in [0.717, 1.165) is 31.9 Å². The summed E-state index contributed by atoms with van der Waals surface area (Å²) in [5.74, 6) is 1.07. The van der Waals surface area contributed by atoms with Crippen molar-refractivity contribution in [2.45, 2.75) is 31.8 Å². The molecule has 0 amide bonds. The van der Waals surface area contributed by atoms with Gasteiger partial charge in [-0.2, -0.15) is 0 Å². The highest BCUT2D eigenvalue weighted by Gasteiger charge is 2.18. The van der Waals surface area contributed by atoms with Gasteiger partial charge < -0.3 is 10.5 Å². The van der Waals surface area contributed by atoms with Crippen LogP contribution in [0.2, 0.25) is 0 Å². The first-order valence-electron chi connectivity index (χ1n) is 6.54. The standard InChI is InChI=1S/C14H20N2O/c15-13-2-1-6-16(10-13)9-11-3-4-14-12(8-11)5-7-17-14/h3-4,8,13H,1-2,5-7,9-10,15H2/t13-/m1/s1. The second-order valence-corrected chi connectivity index (χ2v) is 5.18. The number of nitrogens with two attached hydrogens (primary N) is 1. The zero-order valence-electron chi connectivity index (χ0n) is 10.2. The summed E-state index contributed by atoms with van der Waals surface area (Å²) < 4.78 is 5.53. The first-order chi connectivity index (χ1) is 8.31. The summed E-state index contributed by atoms with van der Waals surface area (Å²) in [5, 5.41) is 0. The summed E-state index contributed by atoms with van der Waals surface area (Å²) in [6, 6.07) is 6.95. The Balaban J connectivity index is 1.68. The van der Waals surface area contributed by atoms with Crippen molar-refractivity contribution in [3.8, 4) is 5.75 Å². The van der Waals surface area contributed by atoms with Crippen molar-refractivity contribution in [2.75, 3.05) is 19.7 Å². The molecule has 0 spiro atoms. The van der Waals surface area contributed by atoms with Gasteiger partial charge in [0.15, 0.2) is 0 Å². The lowest BCUT2D eigenvalue weighted by atomic mass is 10.0. The van der Waals surface area contributed by atoms with Crippen molar-refractivity contribution in [3.63, 3.8) is 0 Å². The lowest BCUT2D eigenvalue weighted by molar-refractivity contribution is 0.201. The minimum Gasteiger partial charge on any atom is -0.493 e. The Morgan fingerprint density at radius 2 is 2.35 bits per heavy atom. The number of likely N-dealkylation sites (tertiary alicyclic amines) is 1. The Morgan fingerprint density at radius 3 is 3.24 bits per heavy atom. The Kier molecular flexibility index (Phi) is 3.04. The molecular weight excluding hydrogens is 212 g/mol. The number of ether oxygens (including phenoxy) is 1. The highest BCUT2D eigenvalue weighted by molar-refractivity contribution is 5.39. The normalized spacial score (nSPS) is 24.4. The van der Waals surface area contributed by atoms with E-state index in [0.29, 0.717) is 6.04 Å². The van der Waals surface area contributed by atoms with Crippen LogP contribution in [-0.4, -0.2) is 30.6 Å². The molecule has 1 saturated heterocycles. The summed E-state index contributed by atoms with van der Waals surface area (Å²) in [6.45, 7) is 4.09. The van der Waals surface area contributed by atoms with Gasteiger partial charge in [-0.25, -0.2) is 0 Å². The van der Waals surface area contributed by atoms with E-state index in [4.69, 9.17) is 10.5 Å². The van der Waals surface area contributed by atoms with Crippen molar-refractivity contribution < 1.29 is 4.74 Å². The Bertz CT molecular complexity index is 405. The van der Waals surface area contributed by atoms with Gasteiger partial charge >= 0.3 is 0 Å². The third kappa shape index (κ3) is 2.45. The van der Waals surface area contributed by atoms with Gasteiger partial charge in [-0.1, -0.05) is 12.1 Å². The van der Waals surface area contributed by atoms with Crippen LogP contribution in [0.15, 0.2) is 18.2 Å². The SMILES string of the molecule is N[C@@H]1CCCN(Cc2ccc3c(c2)CCO3)C1. The topological polar surface area (TPSA) is 38.5 Å². The number of fused-ring (bicyclic) bond motifs is 1. The molecule has 0 aromatic heterocycles. The van der Waals surface area contributed by atoms with E-state index in [1.165, 1.54) is 30.5 Å². The lowest BCUT2D eigenvalue weighted by Gasteiger charge is -2.30. The molecule has 3 rings (SSSR count). The minimum atomic E-state index is 0.363. The van der Waals surface area contributed by atoms with Gasteiger partial charge in [-0.3, -0.25) is 4.90 Å². The van der Waals surface area contributed by atoms with Crippen LogP contribution in [0.4, 0.5) is 0 Å². The van der Waals surface area contributed by atoms with Gasteiger partial charge in [0, 0.05) is 25.6 Å². The van der Waals surface area contributed by atoms with Gasteiger partial charge in [-0.05, 0) is 36.6 Å². The summed E-state index contributed by atoms with van der Waals surface area (Å²) >= 11 is 0. The molecule has 0 radical (unpaired) electrons. The van der Waals surface area contributed by atoms with Crippen molar-refractivity contribution in [1.29, 1.82) is 0 Å². The number of nitrogens with zero attached hydrogens (tertiary/aromatic N) is 1. The number of benzene rings is 1. The van der Waals surface area contributed by atoms with Crippen LogP contribution in [-0.2, 0) is 13.0 Å². The summed E-state index contributed by atoms with van der Waals surface area (Å²) in [6.07, 6.45) is 3.46. The first-order valence-corrected chi connectivity index (χ1v) is 6.54. The monoisotopic (exact) mass is 232 g/mol. The predicted molar refractivity (Wildman–Crippen MR) is 68.1 cm³/mol. The zero-order valence-corrected chi connectivity index (χ0v) is 10.2. The number of piperidine rings is 1. The second-order valence-electron chi connectivity index (χ2n) is 5.18. The number of rotatable bonds is 2. The van der Waals surface area contributed by atoms with E-state index in [-0.39, 0.29) is 0 Å². The molecule has 0 aliphatic carbocycles. The molecule has 2 heterocycles. The van der Waals surface area contributed by atoms with Crippen molar-refractivity contribution in [1.82, 2.24) is 4.90 Å². The van der Waals surface area contributed by atoms with Gasteiger partial charge in [0.2, 0.25) is 0 Å².